The van der Waals surface area contributed by atoms with Crippen LogP contribution in [0, 0.1) is 5.82 Å². The van der Waals surface area contributed by atoms with Crippen molar-refractivity contribution in [3.05, 3.63) is 65.6 Å². The summed E-state index contributed by atoms with van der Waals surface area (Å²) in [5.41, 5.74) is 0.866. The van der Waals surface area contributed by atoms with E-state index in [0.717, 1.165) is 10.9 Å². The van der Waals surface area contributed by atoms with Crippen LogP contribution < -0.4 is 0 Å². The van der Waals surface area contributed by atoms with Gasteiger partial charge < -0.3 is 5.11 Å². The molecule has 5 heteroatoms. The second-order valence-corrected chi connectivity index (χ2v) is 4.44. The van der Waals surface area contributed by atoms with E-state index < -0.39 is 11.8 Å². The van der Waals surface area contributed by atoms with Crippen molar-refractivity contribution in [2.24, 2.45) is 0 Å². The molecule has 3 aromatic rings. The number of rotatable bonds is 3. The van der Waals surface area contributed by atoms with E-state index in [1.807, 2.05) is 24.3 Å². The van der Waals surface area contributed by atoms with Gasteiger partial charge in [-0.3, -0.25) is 4.68 Å². The lowest BCUT2D eigenvalue weighted by Crippen LogP contribution is -2.08. The molecular formula is C15H11FN2O2. The Bertz CT molecular complexity index is 795. The summed E-state index contributed by atoms with van der Waals surface area (Å²) in [7, 11) is 0. The highest BCUT2D eigenvalue weighted by Gasteiger charge is 2.14. The molecule has 0 aliphatic rings. The maximum Gasteiger partial charge on any atom is 0.338 e. The fraction of sp³-hybridized carbons (Fsp3) is 0.0667. The summed E-state index contributed by atoms with van der Waals surface area (Å²) >= 11 is 0. The molecule has 0 spiro atoms. The highest BCUT2D eigenvalue weighted by Crippen LogP contribution is 2.18. The zero-order chi connectivity index (χ0) is 14.1. The van der Waals surface area contributed by atoms with Crippen LogP contribution in [-0.2, 0) is 6.54 Å². The van der Waals surface area contributed by atoms with Gasteiger partial charge in [-0.1, -0.05) is 30.3 Å². The molecule has 0 saturated carbocycles. The van der Waals surface area contributed by atoms with Gasteiger partial charge in [0.1, 0.15) is 5.82 Å². The van der Waals surface area contributed by atoms with Gasteiger partial charge in [0.15, 0.2) is 0 Å². The van der Waals surface area contributed by atoms with E-state index in [2.05, 4.69) is 5.10 Å². The van der Waals surface area contributed by atoms with Crippen molar-refractivity contribution in [2.45, 2.75) is 6.54 Å². The van der Waals surface area contributed by atoms with E-state index in [-0.39, 0.29) is 12.1 Å². The van der Waals surface area contributed by atoms with Crippen molar-refractivity contribution >= 4 is 16.9 Å². The number of para-hydroxylation sites is 1. The van der Waals surface area contributed by atoms with Gasteiger partial charge in [0.2, 0.25) is 0 Å². The molecule has 3 rings (SSSR count). The fourth-order valence-corrected chi connectivity index (χ4v) is 2.18. The Labute approximate surface area is 114 Å². The maximum atomic E-state index is 14.1. The van der Waals surface area contributed by atoms with E-state index in [9.17, 15) is 9.18 Å². The molecule has 0 fully saturated rings. The number of carboxylic acid groups (broad SMARTS) is 1. The Kier molecular flexibility index (Phi) is 2.95. The minimum Gasteiger partial charge on any atom is -0.478 e. The van der Waals surface area contributed by atoms with Crippen LogP contribution in [0.4, 0.5) is 4.39 Å². The van der Waals surface area contributed by atoms with Crippen molar-refractivity contribution in [3.8, 4) is 0 Å². The van der Waals surface area contributed by atoms with Gasteiger partial charge in [0.25, 0.3) is 0 Å². The van der Waals surface area contributed by atoms with E-state index in [1.54, 1.807) is 16.9 Å². The topological polar surface area (TPSA) is 55.1 Å². The summed E-state index contributed by atoms with van der Waals surface area (Å²) in [6.07, 6.45) is 1.70. The maximum absolute atomic E-state index is 14.1. The lowest BCUT2D eigenvalue weighted by atomic mass is 10.1. The molecule has 2 aromatic carbocycles. The molecule has 4 nitrogen and oxygen atoms in total. The summed E-state index contributed by atoms with van der Waals surface area (Å²) < 4.78 is 15.7. The molecule has 0 amide bonds. The van der Waals surface area contributed by atoms with E-state index in [0.29, 0.717) is 5.56 Å². The molecule has 0 aliphatic heterocycles. The van der Waals surface area contributed by atoms with Crippen molar-refractivity contribution in [1.29, 1.82) is 0 Å². The van der Waals surface area contributed by atoms with Gasteiger partial charge in [0, 0.05) is 10.9 Å². The largest absolute Gasteiger partial charge is 0.478 e. The van der Waals surface area contributed by atoms with Crippen molar-refractivity contribution in [1.82, 2.24) is 9.78 Å². The van der Waals surface area contributed by atoms with Crippen molar-refractivity contribution in [2.75, 3.05) is 0 Å². The molecule has 100 valence electrons. The molecule has 1 aromatic heterocycles. The number of aromatic nitrogens is 2. The summed E-state index contributed by atoms with van der Waals surface area (Å²) in [5.74, 6) is -1.98. The number of nitrogens with zero attached hydrogens (tertiary/aromatic N) is 2. The normalized spacial score (nSPS) is 10.8. The Morgan fingerprint density at radius 3 is 2.80 bits per heavy atom. The van der Waals surface area contributed by atoms with Crippen LogP contribution in [0.15, 0.2) is 48.7 Å². The van der Waals surface area contributed by atoms with Crippen LogP contribution in [0.2, 0.25) is 0 Å². The average molecular weight is 270 g/mol. The van der Waals surface area contributed by atoms with Crippen molar-refractivity contribution < 1.29 is 14.3 Å². The fourth-order valence-electron chi connectivity index (χ4n) is 2.18. The Balaban J connectivity index is 2.03. The number of fused-ring (bicyclic) bond motifs is 1. The van der Waals surface area contributed by atoms with Gasteiger partial charge in [0.05, 0.1) is 23.8 Å². The van der Waals surface area contributed by atoms with E-state index in [1.165, 1.54) is 12.1 Å². The van der Waals surface area contributed by atoms with Crippen LogP contribution in [0.3, 0.4) is 0 Å². The van der Waals surface area contributed by atoms with Crippen LogP contribution >= 0.6 is 0 Å². The van der Waals surface area contributed by atoms with Gasteiger partial charge in [-0.05, 0) is 12.1 Å². The molecule has 0 radical (unpaired) electrons. The summed E-state index contributed by atoms with van der Waals surface area (Å²) in [5, 5.41) is 14.1. The minimum atomic E-state index is -1.27. The summed E-state index contributed by atoms with van der Waals surface area (Å²) in [6.45, 7) is 0.195. The zero-order valence-electron chi connectivity index (χ0n) is 10.5. The molecule has 20 heavy (non-hydrogen) atoms. The lowest BCUT2D eigenvalue weighted by Gasteiger charge is -2.07. The van der Waals surface area contributed by atoms with Gasteiger partial charge in [-0.2, -0.15) is 5.10 Å². The molecule has 0 aliphatic carbocycles. The third kappa shape index (κ3) is 2.03. The number of carboxylic acids is 1. The first-order chi connectivity index (χ1) is 9.66. The number of halogens is 1. The standard InChI is InChI=1S/C15H11FN2O2/c16-14-11(5-3-6-12(14)15(19)20)9-18-13-7-2-1-4-10(13)8-17-18/h1-8H,9H2,(H,19,20). The SMILES string of the molecule is O=C(O)c1cccc(Cn2ncc3ccccc32)c1F. The van der Waals surface area contributed by atoms with Gasteiger partial charge in [-0.25, -0.2) is 9.18 Å². The van der Waals surface area contributed by atoms with Crippen LogP contribution in [0.1, 0.15) is 15.9 Å². The Morgan fingerprint density at radius 1 is 1.20 bits per heavy atom. The third-order valence-electron chi connectivity index (χ3n) is 3.18. The second-order valence-electron chi connectivity index (χ2n) is 4.44. The highest BCUT2D eigenvalue weighted by molar-refractivity contribution is 5.88. The number of benzene rings is 2. The molecule has 1 N–H and O–H groups in total. The third-order valence-corrected chi connectivity index (χ3v) is 3.18. The van der Waals surface area contributed by atoms with E-state index >= 15 is 0 Å². The quantitative estimate of drug-likeness (QED) is 0.796. The number of carbonyl (C=O) groups is 1. The smallest absolute Gasteiger partial charge is 0.338 e. The summed E-state index contributed by atoms with van der Waals surface area (Å²) in [6, 6.07) is 11.9. The van der Waals surface area contributed by atoms with E-state index in [4.69, 9.17) is 5.11 Å². The first kappa shape index (κ1) is 12.3. The number of aromatic carboxylic acids is 1. The average Bonchev–Trinajstić information content (AvgIpc) is 2.84. The summed E-state index contributed by atoms with van der Waals surface area (Å²) in [4.78, 5) is 10.9. The van der Waals surface area contributed by atoms with Gasteiger partial charge >= 0.3 is 5.97 Å². The minimum absolute atomic E-state index is 0.195. The second kappa shape index (κ2) is 4.77. The monoisotopic (exact) mass is 270 g/mol. The molecule has 0 atom stereocenters. The molecule has 0 unspecified atom stereocenters. The predicted octanol–water partition coefficient (Wildman–Crippen LogP) is 2.92. The lowest BCUT2D eigenvalue weighted by molar-refractivity contribution is 0.0691. The van der Waals surface area contributed by atoms with Crippen LogP contribution in [0.5, 0.6) is 0 Å². The highest BCUT2D eigenvalue weighted by atomic mass is 19.1. The first-order valence-corrected chi connectivity index (χ1v) is 6.08. The van der Waals surface area contributed by atoms with Crippen LogP contribution in [-0.4, -0.2) is 20.9 Å². The van der Waals surface area contributed by atoms with Gasteiger partial charge in [-0.15, -0.1) is 0 Å². The van der Waals surface area contributed by atoms with Crippen molar-refractivity contribution in [3.63, 3.8) is 0 Å². The molecule has 0 saturated heterocycles. The Morgan fingerprint density at radius 2 is 2.00 bits per heavy atom. The van der Waals surface area contributed by atoms with Crippen LogP contribution in [0.25, 0.3) is 10.9 Å². The molecule has 1 heterocycles. The number of hydrogen-bond donors (Lipinski definition) is 1. The first-order valence-electron chi connectivity index (χ1n) is 6.08. The number of hydrogen-bond acceptors (Lipinski definition) is 2. The zero-order valence-corrected chi connectivity index (χ0v) is 10.5. The molecule has 0 bridgehead atoms. The predicted molar refractivity (Wildman–Crippen MR) is 72.2 cm³/mol. The Hall–Kier alpha value is -2.69. The molecular weight excluding hydrogens is 259 g/mol.